The molecule has 1 amide bonds. The van der Waals surface area contributed by atoms with Gasteiger partial charge in [-0.3, -0.25) is 10.2 Å². The number of ether oxygens (including phenoxy) is 2. The molecule has 2 N–H and O–H groups in total. The van der Waals surface area contributed by atoms with Crippen molar-refractivity contribution in [3.05, 3.63) is 29.8 Å². The number of hydrogen-bond donors (Lipinski definition) is 2. The van der Waals surface area contributed by atoms with Gasteiger partial charge in [0, 0.05) is 18.8 Å². The van der Waals surface area contributed by atoms with E-state index in [1.807, 2.05) is 0 Å². The second-order valence-electron chi connectivity index (χ2n) is 4.59. The second-order valence-corrected chi connectivity index (χ2v) is 5.00. The highest BCUT2D eigenvalue weighted by Gasteiger charge is 2.23. The van der Waals surface area contributed by atoms with Crippen LogP contribution >= 0.6 is 12.2 Å². The summed E-state index contributed by atoms with van der Waals surface area (Å²) >= 11 is 5.22. The van der Waals surface area contributed by atoms with Crippen molar-refractivity contribution in [2.75, 3.05) is 38.7 Å². The Balaban J connectivity index is 2.04. The number of carbonyl (C=O) groups is 1. The summed E-state index contributed by atoms with van der Waals surface area (Å²) < 4.78 is 10.3. The highest BCUT2D eigenvalue weighted by atomic mass is 32.1. The number of anilines is 1. The summed E-state index contributed by atoms with van der Waals surface area (Å²) in [5, 5.41) is 10.3. The van der Waals surface area contributed by atoms with E-state index in [0.717, 1.165) is 5.75 Å². The van der Waals surface area contributed by atoms with Crippen molar-refractivity contribution in [3.63, 3.8) is 0 Å². The number of morpholine rings is 1. The van der Waals surface area contributed by atoms with E-state index in [-0.39, 0.29) is 16.5 Å². The highest BCUT2D eigenvalue weighted by molar-refractivity contribution is 7.81. The van der Waals surface area contributed by atoms with Crippen molar-refractivity contribution in [2.45, 2.75) is 0 Å². The highest BCUT2D eigenvalue weighted by Crippen LogP contribution is 2.16. The summed E-state index contributed by atoms with van der Waals surface area (Å²) in [6.45, 7) is 1.98. The Morgan fingerprint density at radius 1 is 1.36 bits per heavy atom. The Labute approximate surface area is 134 Å². The molecule has 0 saturated carbocycles. The molecule has 0 atom stereocenters. The van der Waals surface area contributed by atoms with E-state index >= 15 is 0 Å². The SMILES string of the molecule is COc1ccc(NC(=S)C(=C=N)C(=O)N2CCOCC2)cc1. The maximum atomic E-state index is 12.4. The number of rotatable bonds is 4. The molecule has 1 fully saturated rings. The summed E-state index contributed by atoms with van der Waals surface area (Å²) in [7, 11) is 1.59. The molecule has 116 valence electrons. The number of hydrogen-bond acceptors (Lipinski definition) is 5. The molecule has 1 aromatic carbocycles. The van der Waals surface area contributed by atoms with Crippen molar-refractivity contribution in [2.24, 2.45) is 0 Å². The summed E-state index contributed by atoms with van der Waals surface area (Å²) in [4.78, 5) is 14.2. The summed E-state index contributed by atoms with van der Waals surface area (Å²) in [6, 6.07) is 7.13. The Hall–Kier alpha value is -2.21. The van der Waals surface area contributed by atoms with Crippen LogP contribution < -0.4 is 10.1 Å². The Morgan fingerprint density at radius 3 is 2.55 bits per heavy atom. The standard InChI is InChI=1S/C15H17N3O3S/c1-20-12-4-2-11(3-5-12)17-14(22)13(10-16)15(19)18-6-8-21-9-7-18/h2-5,16H,6-9H2,1H3,(H,17,22). The minimum Gasteiger partial charge on any atom is -0.497 e. The van der Waals surface area contributed by atoms with E-state index in [2.05, 4.69) is 11.2 Å². The largest absolute Gasteiger partial charge is 0.497 e. The number of nitrogens with zero attached hydrogens (tertiary/aromatic N) is 1. The lowest BCUT2D eigenvalue weighted by atomic mass is 10.2. The van der Waals surface area contributed by atoms with Crippen LogP contribution in [0.25, 0.3) is 0 Å². The molecule has 1 saturated heterocycles. The van der Waals surface area contributed by atoms with Gasteiger partial charge in [0.15, 0.2) is 0 Å². The molecule has 0 bridgehead atoms. The van der Waals surface area contributed by atoms with E-state index < -0.39 is 0 Å². The first-order valence-electron chi connectivity index (χ1n) is 6.78. The molecule has 2 rings (SSSR count). The predicted molar refractivity (Wildman–Crippen MR) is 87.9 cm³/mol. The van der Waals surface area contributed by atoms with Crippen molar-refractivity contribution in [3.8, 4) is 5.75 Å². The van der Waals surface area contributed by atoms with Gasteiger partial charge in [-0.15, -0.1) is 0 Å². The monoisotopic (exact) mass is 319 g/mol. The Bertz CT molecular complexity index is 603. The quantitative estimate of drug-likeness (QED) is 0.499. The fourth-order valence-corrected chi connectivity index (χ4v) is 2.26. The molecule has 22 heavy (non-hydrogen) atoms. The summed E-state index contributed by atoms with van der Waals surface area (Å²) in [6.07, 6.45) is 0. The average Bonchev–Trinajstić information content (AvgIpc) is 2.57. The average molecular weight is 319 g/mol. The summed E-state index contributed by atoms with van der Waals surface area (Å²) in [5.74, 6) is 2.57. The number of amides is 1. The molecule has 1 aliphatic rings. The topological polar surface area (TPSA) is 74.7 Å². The van der Waals surface area contributed by atoms with Gasteiger partial charge >= 0.3 is 0 Å². The molecule has 7 heteroatoms. The van der Waals surface area contributed by atoms with Crippen LogP contribution in [0.5, 0.6) is 5.75 Å². The molecule has 0 unspecified atom stereocenters. The van der Waals surface area contributed by atoms with Crippen LogP contribution in [0.4, 0.5) is 5.69 Å². The van der Waals surface area contributed by atoms with E-state index in [9.17, 15) is 4.79 Å². The lowest BCUT2D eigenvalue weighted by Gasteiger charge is -2.27. The number of methoxy groups -OCH3 is 1. The fraction of sp³-hybridized carbons (Fsp3) is 0.333. The molecule has 6 nitrogen and oxygen atoms in total. The predicted octanol–water partition coefficient (Wildman–Crippen LogP) is 1.47. The molecular weight excluding hydrogens is 302 g/mol. The minimum absolute atomic E-state index is 0.0488. The van der Waals surface area contributed by atoms with Crippen molar-refractivity contribution in [1.29, 1.82) is 5.41 Å². The first-order valence-corrected chi connectivity index (χ1v) is 7.18. The third kappa shape index (κ3) is 3.92. The van der Waals surface area contributed by atoms with Crippen LogP contribution in [0.15, 0.2) is 29.8 Å². The maximum Gasteiger partial charge on any atom is 0.266 e. The molecule has 1 heterocycles. The van der Waals surface area contributed by atoms with E-state index in [0.29, 0.717) is 32.0 Å². The molecule has 0 aromatic heterocycles. The van der Waals surface area contributed by atoms with Crippen molar-refractivity contribution >= 4 is 34.7 Å². The zero-order valence-electron chi connectivity index (χ0n) is 12.2. The van der Waals surface area contributed by atoms with E-state index in [1.165, 1.54) is 0 Å². The van der Waals surface area contributed by atoms with Gasteiger partial charge in [0.1, 0.15) is 16.3 Å². The molecule has 1 aliphatic heterocycles. The van der Waals surface area contributed by atoms with Gasteiger partial charge in [0.05, 0.1) is 20.3 Å². The second kappa shape index (κ2) is 7.70. The third-order valence-electron chi connectivity index (χ3n) is 3.21. The van der Waals surface area contributed by atoms with Crippen LogP contribution in [0.1, 0.15) is 0 Å². The van der Waals surface area contributed by atoms with Crippen LogP contribution in [-0.4, -0.2) is 55.1 Å². The van der Waals surface area contributed by atoms with Gasteiger partial charge in [-0.05, 0) is 30.1 Å². The molecule has 0 spiro atoms. The van der Waals surface area contributed by atoms with Gasteiger partial charge in [0.25, 0.3) is 5.91 Å². The third-order valence-corrected chi connectivity index (χ3v) is 3.52. The van der Waals surface area contributed by atoms with Crippen LogP contribution in [0, 0.1) is 5.41 Å². The van der Waals surface area contributed by atoms with E-state index in [4.69, 9.17) is 27.1 Å². The van der Waals surface area contributed by atoms with Gasteiger partial charge in [-0.2, -0.15) is 0 Å². The molecule has 0 aliphatic carbocycles. The maximum absolute atomic E-state index is 12.4. The fourth-order valence-electron chi connectivity index (χ4n) is 2.00. The van der Waals surface area contributed by atoms with Crippen LogP contribution in [0.2, 0.25) is 0 Å². The van der Waals surface area contributed by atoms with Crippen LogP contribution in [0.3, 0.4) is 0 Å². The van der Waals surface area contributed by atoms with Crippen LogP contribution in [-0.2, 0) is 9.53 Å². The van der Waals surface area contributed by atoms with Gasteiger partial charge in [-0.25, -0.2) is 0 Å². The lowest BCUT2D eigenvalue weighted by Crippen LogP contribution is -2.43. The van der Waals surface area contributed by atoms with Crippen molar-refractivity contribution < 1.29 is 14.3 Å². The molecular formula is C15H17N3O3S. The first kappa shape index (κ1) is 16.2. The summed E-state index contributed by atoms with van der Waals surface area (Å²) in [5.41, 5.74) is 0.765. The van der Waals surface area contributed by atoms with Gasteiger partial charge < -0.3 is 19.7 Å². The number of carbonyl (C=O) groups excluding carboxylic acids is 1. The molecule has 1 aromatic rings. The van der Waals surface area contributed by atoms with E-state index in [1.54, 1.807) is 36.3 Å². The molecule has 0 radical (unpaired) electrons. The normalized spacial score (nSPS) is 14.0. The zero-order chi connectivity index (χ0) is 15.9. The van der Waals surface area contributed by atoms with Crippen molar-refractivity contribution in [1.82, 2.24) is 4.90 Å². The number of thiocarbonyl (C=S) groups is 1. The smallest absolute Gasteiger partial charge is 0.266 e. The zero-order valence-corrected chi connectivity index (χ0v) is 13.0. The number of nitrogens with one attached hydrogen (secondary N) is 2. The van der Waals surface area contributed by atoms with Gasteiger partial charge in [0.2, 0.25) is 0 Å². The Morgan fingerprint density at radius 2 is 2.00 bits per heavy atom. The minimum atomic E-state index is -0.302. The van der Waals surface area contributed by atoms with Gasteiger partial charge in [-0.1, -0.05) is 12.2 Å². The lowest BCUT2D eigenvalue weighted by molar-refractivity contribution is -0.130. The number of benzene rings is 1. The Kier molecular flexibility index (Phi) is 5.66. The first-order chi connectivity index (χ1) is 10.7.